The van der Waals surface area contributed by atoms with Gasteiger partial charge in [0.05, 0.1) is 17.6 Å². The predicted octanol–water partition coefficient (Wildman–Crippen LogP) is 3.51. The fourth-order valence-electron chi connectivity index (χ4n) is 2.66. The molecule has 2 aromatic heterocycles. The highest BCUT2D eigenvalue weighted by Crippen LogP contribution is 2.40. The lowest BCUT2D eigenvalue weighted by Gasteiger charge is -2.11. The van der Waals surface area contributed by atoms with Crippen LogP contribution in [0, 0.1) is 10.1 Å². The molecule has 8 nitrogen and oxygen atoms in total. The van der Waals surface area contributed by atoms with E-state index in [1.165, 1.54) is 18.4 Å². The van der Waals surface area contributed by atoms with Crippen molar-refractivity contribution < 1.29 is 14.5 Å². The summed E-state index contributed by atoms with van der Waals surface area (Å²) < 4.78 is 4.88. The molecule has 0 aliphatic heterocycles. The Balaban J connectivity index is 2.08. The van der Waals surface area contributed by atoms with Gasteiger partial charge in [0.25, 0.3) is 0 Å². The molecule has 126 valence electrons. The first-order valence-corrected chi connectivity index (χ1v) is 8.37. The first kappa shape index (κ1) is 16.6. The van der Waals surface area contributed by atoms with Crippen molar-refractivity contribution in [3.8, 4) is 0 Å². The molecule has 0 unspecified atom stereocenters. The summed E-state index contributed by atoms with van der Waals surface area (Å²) >= 11 is 7.13. The van der Waals surface area contributed by atoms with E-state index in [1.807, 2.05) is 0 Å². The smallest absolute Gasteiger partial charge is 0.341 e. The fraction of sp³-hybridized carbons (Fsp3) is 0.357. The number of ether oxygens (including phenoxy) is 1. The second kappa shape index (κ2) is 6.70. The second-order valence-corrected chi connectivity index (χ2v) is 6.60. The van der Waals surface area contributed by atoms with Gasteiger partial charge in [0.2, 0.25) is 11.1 Å². The first-order valence-electron chi connectivity index (χ1n) is 7.18. The minimum absolute atomic E-state index is 0.0521. The van der Waals surface area contributed by atoms with Crippen LogP contribution in [0.25, 0.3) is 0 Å². The van der Waals surface area contributed by atoms with Gasteiger partial charge in [-0.2, -0.15) is 4.98 Å². The summed E-state index contributed by atoms with van der Waals surface area (Å²) in [4.78, 5) is 31.3. The van der Waals surface area contributed by atoms with Crippen molar-refractivity contribution >= 4 is 45.4 Å². The van der Waals surface area contributed by atoms with E-state index in [0.717, 1.165) is 42.3 Å². The summed E-state index contributed by atoms with van der Waals surface area (Å²) in [5.41, 5.74) is 1.05. The monoisotopic (exact) mass is 368 g/mol. The van der Waals surface area contributed by atoms with Gasteiger partial charge >= 0.3 is 11.7 Å². The second-order valence-electron chi connectivity index (χ2n) is 5.16. The van der Waals surface area contributed by atoms with Crippen LogP contribution in [0.1, 0.15) is 33.6 Å². The zero-order valence-corrected chi connectivity index (χ0v) is 14.2. The molecular formula is C14H13ClN4O4S. The molecule has 24 heavy (non-hydrogen) atoms. The highest BCUT2D eigenvalue weighted by Gasteiger charge is 2.28. The van der Waals surface area contributed by atoms with E-state index < -0.39 is 10.9 Å². The lowest BCUT2D eigenvalue weighted by atomic mass is 9.95. The standard InChI is InChI=1S/C14H13ClN4O4S/c1-23-13(20)10-7-4-2-3-5-9(7)24-12(10)17-11-8(19(21)22)6-16-14(15)18-11/h6H,2-5H2,1H3,(H,16,17,18). The molecule has 0 atom stereocenters. The molecule has 0 saturated heterocycles. The Morgan fingerprint density at radius 3 is 2.92 bits per heavy atom. The molecule has 0 amide bonds. The number of carbonyl (C=O) groups excluding carboxylic acids is 1. The molecule has 2 aromatic rings. The summed E-state index contributed by atoms with van der Waals surface area (Å²) in [6.45, 7) is 0. The highest BCUT2D eigenvalue weighted by molar-refractivity contribution is 7.16. The van der Waals surface area contributed by atoms with Gasteiger partial charge in [0.15, 0.2) is 0 Å². The van der Waals surface area contributed by atoms with E-state index in [9.17, 15) is 14.9 Å². The van der Waals surface area contributed by atoms with Crippen LogP contribution in [0.2, 0.25) is 5.28 Å². The number of methoxy groups -OCH3 is 1. The van der Waals surface area contributed by atoms with Crippen molar-refractivity contribution in [1.29, 1.82) is 0 Å². The van der Waals surface area contributed by atoms with Gasteiger partial charge in [0, 0.05) is 4.88 Å². The number of esters is 1. The lowest BCUT2D eigenvalue weighted by molar-refractivity contribution is -0.384. The molecule has 0 spiro atoms. The number of halogens is 1. The van der Waals surface area contributed by atoms with E-state index in [1.54, 1.807) is 0 Å². The van der Waals surface area contributed by atoms with Gasteiger partial charge in [-0.15, -0.1) is 11.3 Å². The summed E-state index contributed by atoms with van der Waals surface area (Å²) in [5, 5.41) is 14.4. The highest BCUT2D eigenvalue weighted by atomic mass is 35.5. The maximum atomic E-state index is 12.2. The largest absolute Gasteiger partial charge is 0.465 e. The summed E-state index contributed by atoms with van der Waals surface area (Å²) in [6.07, 6.45) is 4.73. The van der Waals surface area contributed by atoms with Gasteiger partial charge in [0.1, 0.15) is 11.2 Å². The number of nitrogens with zero attached hydrogens (tertiary/aromatic N) is 3. The molecular weight excluding hydrogens is 356 g/mol. The molecule has 0 radical (unpaired) electrons. The van der Waals surface area contributed by atoms with Crippen molar-refractivity contribution in [2.24, 2.45) is 0 Å². The Bertz CT molecular complexity index is 823. The lowest BCUT2D eigenvalue weighted by Crippen LogP contribution is -2.10. The van der Waals surface area contributed by atoms with Crippen molar-refractivity contribution in [2.75, 3.05) is 12.4 Å². The topological polar surface area (TPSA) is 107 Å². The van der Waals surface area contributed by atoms with Crippen LogP contribution in [0.15, 0.2) is 6.20 Å². The van der Waals surface area contributed by atoms with Crippen LogP contribution >= 0.6 is 22.9 Å². The SMILES string of the molecule is COC(=O)c1c(Nc2nc(Cl)ncc2[N+](=O)[O-])sc2c1CCCC2. The van der Waals surface area contributed by atoms with E-state index >= 15 is 0 Å². The average molecular weight is 369 g/mol. The number of rotatable bonds is 4. The van der Waals surface area contributed by atoms with Crippen LogP contribution in [0.5, 0.6) is 0 Å². The van der Waals surface area contributed by atoms with Crippen LogP contribution < -0.4 is 5.32 Å². The number of nitro groups is 1. The Morgan fingerprint density at radius 2 is 2.21 bits per heavy atom. The Morgan fingerprint density at radius 1 is 1.46 bits per heavy atom. The third-order valence-corrected chi connectivity index (χ3v) is 5.12. The summed E-state index contributed by atoms with van der Waals surface area (Å²) in [6, 6.07) is 0. The van der Waals surface area contributed by atoms with Crippen LogP contribution in [0.4, 0.5) is 16.5 Å². The number of thiophene rings is 1. The van der Waals surface area contributed by atoms with Crippen molar-refractivity contribution in [3.63, 3.8) is 0 Å². The van der Waals surface area contributed by atoms with Gasteiger partial charge in [-0.1, -0.05) is 0 Å². The summed E-state index contributed by atoms with van der Waals surface area (Å²) in [5.74, 6) is -0.525. The van der Waals surface area contributed by atoms with Crippen molar-refractivity contribution in [1.82, 2.24) is 9.97 Å². The van der Waals surface area contributed by atoms with E-state index in [2.05, 4.69) is 15.3 Å². The van der Waals surface area contributed by atoms with Crippen molar-refractivity contribution in [2.45, 2.75) is 25.7 Å². The number of fused-ring (bicyclic) bond motifs is 1. The fourth-order valence-corrected chi connectivity index (χ4v) is 4.07. The number of aryl methyl sites for hydroxylation is 1. The number of hydrogen-bond acceptors (Lipinski definition) is 8. The molecule has 0 aromatic carbocycles. The van der Waals surface area contributed by atoms with Gasteiger partial charge < -0.3 is 10.1 Å². The maximum Gasteiger partial charge on any atom is 0.341 e. The molecule has 0 fully saturated rings. The van der Waals surface area contributed by atoms with E-state index in [-0.39, 0.29) is 16.8 Å². The Kier molecular flexibility index (Phi) is 4.63. The van der Waals surface area contributed by atoms with Gasteiger partial charge in [-0.3, -0.25) is 10.1 Å². The van der Waals surface area contributed by atoms with Gasteiger partial charge in [-0.05, 0) is 42.8 Å². The number of anilines is 2. The van der Waals surface area contributed by atoms with E-state index in [4.69, 9.17) is 16.3 Å². The van der Waals surface area contributed by atoms with Crippen molar-refractivity contribution in [3.05, 3.63) is 37.6 Å². The predicted molar refractivity (Wildman–Crippen MR) is 89.3 cm³/mol. The third kappa shape index (κ3) is 3.04. The maximum absolute atomic E-state index is 12.2. The van der Waals surface area contributed by atoms with Crippen LogP contribution in [-0.2, 0) is 17.6 Å². The molecule has 2 heterocycles. The quantitative estimate of drug-likeness (QED) is 0.380. The molecule has 0 saturated carbocycles. The molecule has 1 N–H and O–H groups in total. The number of hydrogen-bond donors (Lipinski definition) is 1. The zero-order valence-electron chi connectivity index (χ0n) is 12.7. The number of nitrogens with one attached hydrogen (secondary N) is 1. The van der Waals surface area contributed by atoms with E-state index in [0.29, 0.717) is 10.6 Å². The normalized spacial score (nSPS) is 13.2. The number of aromatic nitrogens is 2. The zero-order chi connectivity index (χ0) is 17.3. The minimum atomic E-state index is -0.607. The average Bonchev–Trinajstić information content (AvgIpc) is 2.91. The molecule has 1 aliphatic carbocycles. The molecule has 3 rings (SSSR count). The van der Waals surface area contributed by atoms with Gasteiger partial charge in [-0.25, -0.2) is 9.78 Å². The molecule has 0 bridgehead atoms. The van der Waals surface area contributed by atoms with Crippen LogP contribution in [0.3, 0.4) is 0 Å². The Hall–Kier alpha value is -2.26. The Labute approximate surface area is 146 Å². The summed E-state index contributed by atoms with van der Waals surface area (Å²) in [7, 11) is 1.31. The molecule has 10 heteroatoms. The molecule has 1 aliphatic rings. The third-order valence-electron chi connectivity index (χ3n) is 3.73. The minimum Gasteiger partial charge on any atom is -0.465 e. The number of carbonyl (C=O) groups is 1. The first-order chi connectivity index (χ1) is 11.5. The van der Waals surface area contributed by atoms with Crippen LogP contribution in [-0.4, -0.2) is 28.0 Å².